The number of unbranched alkanes of at least 4 members (excludes halogenated alkanes) is 7. The molecule has 3 nitrogen and oxygen atoms in total. The van der Waals surface area contributed by atoms with Gasteiger partial charge < -0.3 is 11.1 Å². The van der Waals surface area contributed by atoms with E-state index in [1.807, 2.05) is 30.3 Å². The molecule has 1 rings (SSSR count). The van der Waals surface area contributed by atoms with Gasteiger partial charge in [-0.05, 0) is 18.4 Å². The molecule has 0 unspecified atom stereocenters. The molecule has 1 aromatic rings. The number of carbonyl (C=O) groups excluding carboxylic acids is 1. The van der Waals surface area contributed by atoms with Crippen LogP contribution in [0.1, 0.15) is 63.9 Å². The predicted molar refractivity (Wildman–Crippen MR) is 101 cm³/mol. The molecular formula is C19H33ClN2O. The summed E-state index contributed by atoms with van der Waals surface area (Å²) in [6.07, 6.45) is 10.8. The molecule has 0 saturated heterocycles. The fraction of sp³-hybridized carbons (Fsp3) is 0.632. The van der Waals surface area contributed by atoms with Crippen LogP contribution in [0.3, 0.4) is 0 Å². The van der Waals surface area contributed by atoms with Crippen molar-refractivity contribution in [2.75, 3.05) is 6.54 Å². The fourth-order valence-electron chi connectivity index (χ4n) is 2.56. The Bertz CT molecular complexity index is 398. The van der Waals surface area contributed by atoms with E-state index in [9.17, 15) is 4.79 Å². The summed E-state index contributed by atoms with van der Waals surface area (Å²) in [6, 6.07) is 9.48. The maximum atomic E-state index is 11.9. The first-order valence-corrected chi connectivity index (χ1v) is 8.81. The predicted octanol–water partition coefficient (Wildman–Crippen LogP) is 4.24. The molecule has 0 aliphatic carbocycles. The van der Waals surface area contributed by atoms with E-state index in [2.05, 4.69) is 12.2 Å². The SMILES string of the molecule is CCCCCCCCCCNC(=O)[C@@H](N)Cc1ccccc1.Cl. The van der Waals surface area contributed by atoms with E-state index in [0.717, 1.165) is 18.5 Å². The normalized spacial score (nSPS) is 11.6. The van der Waals surface area contributed by atoms with Crippen LogP contribution in [0.5, 0.6) is 0 Å². The quantitative estimate of drug-likeness (QED) is 0.559. The monoisotopic (exact) mass is 340 g/mol. The van der Waals surface area contributed by atoms with Gasteiger partial charge in [-0.1, -0.05) is 82.2 Å². The number of benzene rings is 1. The minimum atomic E-state index is -0.448. The zero-order valence-corrected chi connectivity index (χ0v) is 15.2. The number of nitrogens with one attached hydrogen (secondary N) is 1. The first-order valence-electron chi connectivity index (χ1n) is 8.81. The van der Waals surface area contributed by atoms with Crippen LogP contribution in [0.25, 0.3) is 0 Å². The van der Waals surface area contributed by atoms with Gasteiger partial charge in [0.25, 0.3) is 0 Å². The summed E-state index contributed by atoms with van der Waals surface area (Å²) in [4.78, 5) is 11.9. The summed E-state index contributed by atoms with van der Waals surface area (Å²) >= 11 is 0. The Morgan fingerprint density at radius 3 is 2.17 bits per heavy atom. The minimum Gasteiger partial charge on any atom is -0.355 e. The fourth-order valence-corrected chi connectivity index (χ4v) is 2.56. The Morgan fingerprint density at radius 1 is 1.00 bits per heavy atom. The Morgan fingerprint density at radius 2 is 1.57 bits per heavy atom. The second-order valence-corrected chi connectivity index (χ2v) is 6.06. The molecule has 0 bridgehead atoms. The minimum absolute atomic E-state index is 0. The number of hydrogen-bond donors (Lipinski definition) is 2. The highest BCUT2D eigenvalue weighted by Gasteiger charge is 2.12. The summed E-state index contributed by atoms with van der Waals surface area (Å²) in [5.74, 6) is -0.0354. The third-order valence-corrected chi connectivity index (χ3v) is 3.96. The average molecular weight is 341 g/mol. The molecule has 23 heavy (non-hydrogen) atoms. The topological polar surface area (TPSA) is 55.1 Å². The highest BCUT2D eigenvalue weighted by Crippen LogP contribution is 2.08. The molecular weight excluding hydrogens is 308 g/mol. The van der Waals surface area contributed by atoms with Gasteiger partial charge in [0.2, 0.25) is 5.91 Å². The second kappa shape index (κ2) is 14.5. The molecule has 0 saturated carbocycles. The highest BCUT2D eigenvalue weighted by atomic mass is 35.5. The van der Waals surface area contributed by atoms with Gasteiger partial charge in [0, 0.05) is 6.54 Å². The van der Waals surface area contributed by atoms with E-state index in [4.69, 9.17) is 5.73 Å². The van der Waals surface area contributed by atoms with Gasteiger partial charge in [0.1, 0.15) is 0 Å². The van der Waals surface area contributed by atoms with Crippen molar-refractivity contribution in [1.29, 1.82) is 0 Å². The summed E-state index contributed by atoms with van der Waals surface area (Å²) in [6.45, 7) is 2.99. The van der Waals surface area contributed by atoms with Crippen LogP contribution < -0.4 is 11.1 Å². The lowest BCUT2D eigenvalue weighted by Crippen LogP contribution is -2.42. The van der Waals surface area contributed by atoms with E-state index in [1.165, 1.54) is 44.9 Å². The number of nitrogens with two attached hydrogens (primary N) is 1. The molecule has 1 aromatic carbocycles. The van der Waals surface area contributed by atoms with E-state index in [0.29, 0.717) is 6.42 Å². The number of hydrogen-bond acceptors (Lipinski definition) is 2. The lowest BCUT2D eigenvalue weighted by Gasteiger charge is -2.12. The van der Waals surface area contributed by atoms with Crippen LogP contribution in [-0.2, 0) is 11.2 Å². The molecule has 4 heteroatoms. The molecule has 0 heterocycles. The Kier molecular flexibility index (Phi) is 13.9. The van der Waals surface area contributed by atoms with Crippen molar-refractivity contribution < 1.29 is 4.79 Å². The molecule has 1 atom stereocenters. The largest absolute Gasteiger partial charge is 0.355 e. The van der Waals surface area contributed by atoms with Crippen molar-refractivity contribution in [3.63, 3.8) is 0 Å². The number of amides is 1. The standard InChI is InChI=1S/C19H32N2O.ClH/c1-2-3-4-5-6-7-8-12-15-21-19(22)18(20)16-17-13-10-9-11-14-17;/h9-11,13-14,18H,2-8,12,15-16,20H2,1H3,(H,21,22);1H/t18-;/m0./s1. The summed E-state index contributed by atoms with van der Waals surface area (Å²) in [5.41, 5.74) is 7.05. The lowest BCUT2D eigenvalue weighted by atomic mass is 10.1. The Labute approximate surface area is 147 Å². The van der Waals surface area contributed by atoms with Gasteiger partial charge in [-0.2, -0.15) is 0 Å². The second-order valence-electron chi connectivity index (χ2n) is 6.06. The zero-order valence-electron chi connectivity index (χ0n) is 14.4. The summed E-state index contributed by atoms with van der Waals surface area (Å²) in [7, 11) is 0. The first kappa shape index (κ1) is 21.9. The molecule has 0 spiro atoms. The van der Waals surface area contributed by atoms with Gasteiger partial charge in [0.05, 0.1) is 6.04 Å². The summed E-state index contributed by atoms with van der Waals surface area (Å²) < 4.78 is 0. The summed E-state index contributed by atoms with van der Waals surface area (Å²) in [5, 5.41) is 2.95. The third kappa shape index (κ3) is 11.2. The number of carbonyl (C=O) groups is 1. The van der Waals surface area contributed by atoms with Crippen LogP contribution in [0.15, 0.2) is 30.3 Å². The van der Waals surface area contributed by atoms with Gasteiger partial charge in [-0.15, -0.1) is 12.4 Å². The van der Waals surface area contributed by atoms with Crippen molar-refractivity contribution in [2.45, 2.75) is 70.8 Å². The van der Waals surface area contributed by atoms with E-state index < -0.39 is 6.04 Å². The van der Waals surface area contributed by atoms with Crippen molar-refractivity contribution >= 4 is 18.3 Å². The van der Waals surface area contributed by atoms with Gasteiger partial charge >= 0.3 is 0 Å². The third-order valence-electron chi connectivity index (χ3n) is 3.96. The Hall–Kier alpha value is -1.06. The average Bonchev–Trinajstić information content (AvgIpc) is 2.54. The maximum Gasteiger partial charge on any atom is 0.237 e. The molecule has 1 amide bonds. The molecule has 0 aliphatic heterocycles. The smallest absolute Gasteiger partial charge is 0.237 e. The van der Waals surface area contributed by atoms with Crippen LogP contribution in [0, 0.1) is 0 Å². The molecule has 3 N–H and O–H groups in total. The molecule has 0 aromatic heterocycles. The lowest BCUT2D eigenvalue weighted by molar-refractivity contribution is -0.122. The van der Waals surface area contributed by atoms with Crippen LogP contribution in [0.2, 0.25) is 0 Å². The van der Waals surface area contributed by atoms with Gasteiger partial charge in [0.15, 0.2) is 0 Å². The van der Waals surface area contributed by atoms with E-state index >= 15 is 0 Å². The molecule has 0 aliphatic rings. The van der Waals surface area contributed by atoms with Crippen molar-refractivity contribution in [3.05, 3.63) is 35.9 Å². The van der Waals surface area contributed by atoms with E-state index in [1.54, 1.807) is 0 Å². The van der Waals surface area contributed by atoms with Crippen LogP contribution in [-0.4, -0.2) is 18.5 Å². The Balaban J connectivity index is 0.00000484. The van der Waals surface area contributed by atoms with Crippen LogP contribution >= 0.6 is 12.4 Å². The van der Waals surface area contributed by atoms with Crippen LogP contribution in [0.4, 0.5) is 0 Å². The number of halogens is 1. The molecule has 132 valence electrons. The first-order chi connectivity index (χ1) is 10.7. The van der Waals surface area contributed by atoms with Crippen molar-refractivity contribution in [3.8, 4) is 0 Å². The van der Waals surface area contributed by atoms with E-state index in [-0.39, 0.29) is 18.3 Å². The zero-order chi connectivity index (χ0) is 16.0. The highest BCUT2D eigenvalue weighted by molar-refractivity contribution is 5.85. The number of rotatable bonds is 12. The molecule has 0 radical (unpaired) electrons. The van der Waals surface area contributed by atoms with Crippen molar-refractivity contribution in [2.24, 2.45) is 5.73 Å². The molecule has 0 fully saturated rings. The maximum absolute atomic E-state index is 11.9. The van der Waals surface area contributed by atoms with Gasteiger partial charge in [-0.25, -0.2) is 0 Å². The van der Waals surface area contributed by atoms with Crippen molar-refractivity contribution in [1.82, 2.24) is 5.32 Å². The van der Waals surface area contributed by atoms with Gasteiger partial charge in [-0.3, -0.25) is 4.79 Å².